The molecular formula is C51H64N2O11. The van der Waals surface area contributed by atoms with Gasteiger partial charge in [0.1, 0.15) is 23.3 Å². The Morgan fingerprint density at radius 1 is 0.938 bits per heavy atom. The molecule has 3 aromatic rings. The summed E-state index contributed by atoms with van der Waals surface area (Å²) in [6.45, 7) is 11.3. The van der Waals surface area contributed by atoms with Gasteiger partial charge in [-0.1, -0.05) is 42.3 Å². The second kappa shape index (κ2) is 20.8. The van der Waals surface area contributed by atoms with Gasteiger partial charge < -0.3 is 48.2 Å². The molecular weight excluding hydrogens is 817 g/mol. The van der Waals surface area contributed by atoms with Crippen molar-refractivity contribution in [3.05, 3.63) is 101 Å². The van der Waals surface area contributed by atoms with Crippen LogP contribution in [0.3, 0.4) is 0 Å². The normalized spacial score (nSPS) is 26.0. The number of fused-ring (bicyclic) bond motifs is 3. The summed E-state index contributed by atoms with van der Waals surface area (Å²) < 4.78 is 44.5. The van der Waals surface area contributed by atoms with Crippen molar-refractivity contribution in [1.82, 2.24) is 4.90 Å². The smallest absolute Gasteiger partial charge is 0.410 e. The highest BCUT2D eigenvalue weighted by molar-refractivity contribution is 6.03. The highest BCUT2D eigenvalue weighted by atomic mass is 16.8. The van der Waals surface area contributed by atoms with Crippen molar-refractivity contribution in [3.63, 3.8) is 0 Å². The Morgan fingerprint density at radius 2 is 1.72 bits per heavy atom. The molecule has 5 aliphatic rings. The second-order valence-corrected chi connectivity index (χ2v) is 17.5. The average molecular weight is 881 g/mol. The van der Waals surface area contributed by atoms with Gasteiger partial charge in [-0.15, -0.1) is 6.58 Å². The number of allylic oxidation sites excluding steroid dienone is 1. The third-order valence-electron chi connectivity index (χ3n) is 13.4. The minimum Gasteiger partial charge on any atom is -0.459 e. The Balaban J connectivity index is 1.33. The molecule has 3 aromatic carbocycles. The number of carbonyl (C=O) groups excluding carboxylic acids is 1. The molecule has 64 heavy (non-hydrogen) atoms. The SMILES string of the molecule is C=CCO[C@@]12Oc3ccc(Oc4ccc(C)c(C)c4)cc3[C@H]3[C@H](CCCCO)[C@@H](CCCCO)C=C(C(=NOC4CCCCO4)C[C@@H]1N(Cc1ccc4c(c1)OCO4)C(=O)OCC)[C@H]32. The number of ether oxygens (including phenoxy) is 7. The van der Waals surface area contributed by atoms with Crippen LogP contribution in [0.1, 0.15) is 99.3 Å². The number of nitrogens with zero attached hydrogens (tertiary/aromatic N) is 2. The van der Waals surface area contributed by atoms with Crippen molar-refractivity contribution < 1.29 is 53.0 Å². The van der Waals surface area contributed by atoms with Crippen molar-refractivity contribution in [1.29, 1.82) is 0 Å². The molecule has 7 atom stereocenters. The number of aryl methyl sites for hydroxylation is 2. The van der Waals surface area contributed by atoms with E-state index in [9.17, 15) is 15.0 Å². The number of aliphatic hydroxyl groups is 2. The maximum Gasteiger partial charge on any atom is 0.410 e. The maximum atomic E-state index is 14.6. The molecule has 1 amide bonds. The standard InChI is InChI=1S/C51H64N2O11/c1-5-24-61-51-46(53(50(56)57-6-2)31-35-17-20-44-45(27-35)60-32-59-44)30-42(52-64-47-15-9-12-25-58-47)40-28-36(13-7-10-22-54)39(14-8-11-23-55)48(49(40)51)41-29-38(19-21-43(41)63-51)62-37-18-16-33(3)34(4)26-37/h5,16-21,26-29,36,39,46-49,54-55H,1,6-15,22-25,30-32H2,2-4H3/t36-,39+,46-,47?,48+,49+,51+/m0/s1. The summed E-state index contributed by atoms with van der Waals surface area (Å²) in [7, 11) is 0. The molecule has 0 radical (unpaired) electrons. The first-order valence-electron chi connectivity index (χ1n) is 23.2. The van der Waals surface area contributed by atoms with Crippen molar-refractivity contribution in [2.45, 2.75) is 116 Å². The molecule has 0 spiro atoms. The van der Waals surface area contributed by atoms with E-state index < -0.39 is 30.1 Å². The van der Waals surface area contributed by atoms with E-state index in [1.54, 1.807) is 17.9 Å². The minimum absolute atomic E-state index is 0.0396. The number of hydrogen-bond acceptors (Lipinski definition) is 12. The van der Waals surface area contributed by atoms with Crippen molar-refractivity contribution in [2.75, 3.05) is 39.8 Å². The van der Waals surface area contributed by atoms with Crippen molar-refractivity contribution in [3.8, 4) is 28.7 Å². The van der Waals surface area contributed by atoms with Crippen molar-refractivity contribution in [2.24, 2.45) is 22.9 Å². The highest BCUT2D eigenvalue weighted by Crippen LogP contribution is 2.62. The number of amides is 1. The Bertz CT molecular complexity index is 2170. The Morgan fingerprint density at radius 3 is 2.48 bits per heavy atom. The highest BCUT2D eigenvalue weighted by Gasteiger charge is 2.66. The van der Waals surface area contributed by atoms with Gasteiger partial charge in [0.05, 0.1) is 31.5 Å². The molecule has 13 nitrogen and oxygen atoms in total. The predicted octanol–water partition coefficient (Wildman–Crippen LogP) is 9.64. The number of carbonyl (C=O) groups is 1. The van der Waals surface area contributed by atoms with Gasteiger partial charge in [-0.2, -0.15) is 0 Å². The van der Waals surface area contributed by atoms with E-state index in [1.165, 1.54) is 5.56 Å². The zero-order valence-electron chi connectivity index (χ0n) is 37.5. The molecule has 0 aromatic heterocycles. The summed E-state index contributed by atoms with van der Waals surface area (Å²) in [5.41, 5.74) is 5.70. The van der Waals surface area contributed by atoms with E-state index in [1.807, 2.05) is 42.5 Å². The fraction of sp³-hybridized carbons (Fsp3) is 0.529. The Hall–Kier alpha value is -5.08. The van der Waals surface area contributed by atoms with Crippen LogP contribution < -0.4 is 18.9 Å². The molecule has 2 fully saturated rings. The van der Waals surface area contributed by atoms with Crippen LogP contribution in [0, 0.1) is 31.6 Å². The molecule has 2 aliphatic carbocycles. The fourth-order valence-electron chi connectivity index (χ4n) is 10.3. The lowest BCUT2D eigenvalue weighted by molar-refractivity contribution is -0.256. The van der Waals surface area contributed by atoms with E-state index in [2.05, 4.69) is 38.6 Å². The first kappa shape index (κ1) is 45.5. The molecule has 1 unspecified atom stereocenters. The summed E-state index contributed by atoms with van der Waals surface area (Å²) >= 11 is 0. The van der Waals surface area contributed by atoms with Crippen LogP contribution in [0.25, 0.3) is 0 Å². The predicted molar refractivity (Wildman–Crippen MR) is 241 cm³/mol. The monoisotopic (exact) mass is 880 g/mol. The van der Waals surface area contributed by atoms with Crippen LogP contribution in [-0.4, -0.2) is 84.9 Å². The van der Waals surface area contributed by atoms with Crippen LogP contribution in [0.4, 0.5) is 4.79 Å². The number of hydrogen-bond donors (Lipinski definition) is 2. The number of oxime groups is 1. The third-order valence-corrected chi connectivity index (χ3v) is 13.4. The number of rotatable bonds is 19. The molecule has 1 saturated heterocycles. The number of unbranched alkanes of at least 4 members (excludes halogenated alkanes) is 2. The zero-order chi connectivity index (χ0) is 44.6. The van der Waals surface area contributed by atoms with Crippen LogP contribution >= 0.6 is 0 Å². The molecule has 3 aliphatic heterocycles. The largest absolute Gasteiger partial charge is 0.459 e. The summed E-state index contributed by atoms with van der Waals surface area (Å²) in [6.07, 6.45) is 10.5. The Labute approximate surface area is 376 Å². The molecule has 3 heterocycles. The van der Waals surface area contributed by atoms with Crippen LogP contribution in [0.15, 0.2) is 84.1 Å². The summed E-state index contributed by atoms with van der Waals surface area (Å²) in [4.78, 5) is 22.6. The fourth-order valence-corrected chi connectivity index (χ4v) is 10.3. The van der Waals surface area contributed by atoms with Gasteiger partial charge in [0.25, 0.3) is 0 Å². The quantitative estimate of drug-likeness (QED) is 0.0674. The van der Waals surface area contributed by atoms with E-state index in [0.717, 1.165) is 66.5 Å². The van der Waals surface area contributed by atoms with Crippen LogP contribution in [0.5, 0.6) is 28.7 Å². The van der Waals surface area contributed by atoms with Gasteiger partial charge in [0.2, 0.25) is 18.9 Å². The van der Waals surface area contributed by atoms with Gasteiger partial charge in [0, 0.05) is 44.1 Å². The lowest BCUT2D eigenvalue weighted by Crippen LogP contribution is -2.70. The third kappa shape index (κ3) is 9.63. The summed E-state index contributed by atoms with van der Waals surface area (Å²) in [5, 5.41) is 25.0. The number of aliphatic hydroxyl groups excluding tert-OH is 2. The molecule has 1 saturated carbocycles. The van der Waals surface area contributed by atoms with E-state index in [0.29, 0.717) is 54.6 Å². The second-order valence-electron chi connectivity index (χ2n) is 17.5. The molecule has 0 bridgehead atoms. The molecule has 8 rings (SSSR count). The Kier molecular flexibility index (Phi) is 14.8. The average Bonchev–Trinajstić information content (AvgIpc) is 3.78. The molecule has 2 N–H and O–H groups in total. The van der Waals surface area contributed by atoms with Gasteiger partial charge in [-0.25, -0.2) is 4.79 Å². The maximum absolute atomic E-state index is 14.6. The topological polar surface area (TPSA) is 147 Å². The van der Waals surface area contributed by atoms with Gasteiger partial charge in [-0.3, -0.25) is 4.90 Å². The first-order chi connectivity index (χ1) is 31.3. The van der Waals surface area contributed by atoms with Crippen LogP contribution in [0.2, 0.25) is 0 Å². The van der Waals surface area contributed by atoms with E-state index >= 15 is 0 Å². The zero-order valence-corrected chi connectivity index (χ0v) is 37.5. The van der Waals surface area contributed by atoms with Crippen LogP contribution in [-0.2, 0) is 25.6 Å². The molecule has 13 heteroatoms. The summed E-state index contributed by atoms with van der Waals surface area (Å²) in [5.74, 6) is 1.17. The van der Waals surface area contributed by atoms with Crippen molar-refractivity contribution >= 4 is 11.8 Å². The lowest BCUT2D eigenvalue weighted by atomic mass is 9.55. The van der Waals surface area contributed by atoms with Gasteiger partial charge in [0.15, 0.2) is 11.5 Å². The molecule has 344 valence electrons. The van der Waals surface area contributed by atoms with E-state index in [4.69, 9.17) is 43.2 Å². The minimum atomic E-state index is -1.47. The first-order valence-corrected chi connectivity index (χ1v) is 23.2. The number of benzene rings is 3. The van der Waals surface area contributed by atoms with Gasteiger partial charge >= 0.3 is 6.09 Å². The van der Waals surface area contributed by atoms with E-state index in [-0.39, 0.29) is 63.9 Å². The van der Waals surface area contributed by atoms with Gasteiger partial charge in [-0.05, 0) is 136 Å². The lowest BCUT2D eigenvalue weighted by Gasteiger charge is -2.59. The summed E-state index contributed by atoms with van der Waals surface area (Å²) in [6, 6.07) is 17.0.